The third-order valence-electron chi connectivity index (χ3n) is 2.71. The second-order valence-electron chi connectivity index (χ2n) is 4.25. The lowest BCUT2D eigenvalue weighted by Gasteiger charge is -2.07. The fraction of sp³-hybridized carbons (Fsp3) is 0.0833. The molecular formula is C12H11ClN2O5S. The van der Waals surface area contributed by atoms with Gasteiger partial charge in [-0.2, -0.15) is 0 Å². The first-order chi connectivity index (χ1) is 9.70. The third-order valence-corrected chi connectivity index (χ3v) is 4.36. The first-order valence-corrected chi connectivity index (χ1v) is 7.48. The van der Waals surface area contributed by atoms with E-state index < -0.39 is 16.0 Å². The number of phenolic OH excluding ortho intramolecular Hbond substituents is 1. The quantitative estimate of drug-likeness (QED) is 0.742. The molecule has 0 aliphatic carbocycles. The zero-order valence-electron chi connectivity index (χ0n) is 10.7. The summed E-state index contributed by atoms with van der Waals surface area (Å²) in [5.41, 5.74) is -0.00218. The standard InChI is InChI=1S/C12H11ClN2O5S/c1-15-6-8(5-10(15)12(17)18)21(19,20)14-7-2-3-11(16)9(13)4-7/h2-6,14,16H,1H3,(H,17,18). The fourth-order valence-electron chi connectivity index (χ4n) is 1.68. The minimum absolute atomic E-state index is 0.00510. The molecule has 0 atom stereocenters. The number of sulfonamides is 1. The lowest BCUT2D eigenvalue weighted by atomic mass is 10.3. The summed E-state index contributed by atoms with van der Waals surface area (Å²) in [4.78, 5) is 10.7. The summed E-state index contributed by atoms with van der Waals surface area (Å²) in [6.07, 6.45) is 1.19. The smallest absolute Gasteiger partial charge is 0.352 e. The predicted molar refractivity (Wildman–Crippen MR) is 76.3 cm³/mol. The van der Waals surface area contributed by atoms with Crippen LogP contribution in [0.2, 0.25) is 5.02 Å². The van der Waals surface area contributed by atoms with Gasteiger partial charge in [-0.3, -0.25) is 4.72 Å². The molecule has 112 valence electrons. The summed E-state index contributed by atoms with van der Waals surface area (Å²) in [7, 11) is -2.52. The van der Waals surface area contributed by atoms with Crippen molar-refractivity contribution in [2.75, 3.05) is 4.72 Å². The largest absolute Gasteiger partial charge is 0.506 e. The second-order valence-corrected chi connectivity index (χ2v) is 6.34. The maximum atomic E-state index is 12.2. The Labute approximate surface area is 125 Å². The van der Waals surface area contributed by atoms with Crippen molar-refractivity contribution in [3.8, 4) is 5.75 Å². The van der Waals surface area contributed by atoms with E-state index in [9.17, 15) is 18.3 Å². The van der Waals surface area contributed by atoms with Gasteiger partial charge in [0.05, 0.1) is 10.7 Å². The molecule has 0 radical (unpaired) electrons. The van der Waals surface area contributed by atoms with E-state index in [1.165, 1.54) is 36.0 Å². The van der Waals surface area contributed by atoms with E-state index in [4.69, 9.17) is 16.7 Å². The Balaban J connectivity index is 2.36. The number of carboxylic acids is 1. The number of rotatable bonds is 4. The second kappa shape index (κ2) is 5.30. The minimum atomic E-state index is -3.95. The SMILES string of the molecule is Cn1cc(S(=O)(=O)Nc2ccc(O)c(Cl)c2)cc1C(=O)O. The van der Waals surface area contributed by atoms with Crippen molar-refractivity contribution in [1.82, 2.24) is 4.57 Å². The van der Waals surface area contributed by atoms with Crippen molar-refractivity contribution in [3.05, 3.63) is 41.2 Å². The zero-order valence-corrected chi connectivity index (χ0v) is 12.3. The molecule has 9 heteroatoms. The first kappa shape index (κ1) is 15.2. The van der Waals surface area contributed by atoms with Crippen molar-refractivity contribution >= 4 is 33.3 Å². The normalized spacial score (nSPS) is 11.3. The molecule has 0 aliphatic heterocycles. The molecule has 7 nitrogen and oxygen atoms in total. The summed E-state index contributed by atoms with van der Waals surface area (Å²) in [5.74, 6) is -1.40. The number of aromatic hydroxyl groups is 1. The number of hydrogen-bond acceptors (Lipinski definition) is 4. The van der Waals surface area contributed by atoms with Crippen LogP contribution in [-0.2, 0) is 17.1 Å². The molecule has 0 fully saturated rings. The zero-order chi connectivity index (χ0) is 15.8. The fourth-order valence-corrected chi connectivity index (χ4v) is 2.98. The molecule has 0 spiro atoms. The maximum absolute atomic E-state index is 12.2. The van der Waals surface area contributed by atoms with Crippen LogP contribution >= 0.6 is 11.6 Å². The molecule has 0 saturated heterocycles. The van der Waals surface area contributed by atoms with E-state index in [-0.39, 0.29) is 27.0 Å². The highest BCUT2D eigenvalue weighted by Crippen LogP contribution is 2.27. The molecule has 0 unspecified atom stereocenters. The molecular weight excluding hydrogens is 320 g/mol. The van der Waals surface area contributed by atoms with Gasteiger partial charge in [0.25, 0.3) is 10.0 Å². The molecule has 21 heavy (non-hydrogen) atoms. The van der Waals surface area contributed by atoms with Crippen molar-refractivity contribution in [1.29, 1.82) is 0 Å². The molecule has 1 aromatic heterocycles. The van der Waals surface area contributed by atoms with E-state index in [1.54, 1.807) is 0 Å². The van der Waals surface area contributed by atoms with Gasteiger partial charge in [0.1, 0.15) is 16.3 Å². The molecule has 2 aromatic rings. The molecule has 1 aromatic carbocycles. The number of aromatic nitrogens is 1. The number of phenols is 1. The Hall–Kier alpha value is -2.19. The number of benzene rings is 1. The topological polar surface area (TPSA) is 109 Å². The molecule has 1 heterocycles. The Bertz CT molecular complexity index is 813. The van der Waals surface area contributed by atoms with Crippen molar-refractivity contribution < 1.29 is 23.4 Å². The summed E-state index contributed by atoms with van der Waals surface area (Å²) in [6.45, 7) is 0. The van der Waals surface area contributed by atoms with E-state index >= 15 is 0 Å². The predicted octanol–water partition coefficient (Wildman–Crippen LogP) is 1.88. The molecule has 0 amide bonds. The van der Waals surface area contributed by atoms with E-state index in [0.717, 1.165) is 6.07 Å². The number of hydrogen-bond donors (Lipinski definition) is 3. The number of anilines is 1. The van der Waals surface area contributed by atoms with Gasteiger partial charge in [0, 0.05) is 13.2 Å². The Morgan fingerprint density at radius 3 is 2.52 bits per heavy atom. The van der Waals surface area contributed by atoms with Crippen LogP contribution < -0.4 is 4.72 Å². The number of nitrogens with zero attached hydrogens (tertiary/aromatic N) is 1. The van der Waals surface area contributed by atoms with Crippen molar-refractivity contribution in [3.63, 3.8) is 0 Å². The van der Waals surface area contributed by atoms with Gasteiger partial charge in [-0.1, -0.05) is 11.6 Å². The highest BCUT2D eigenvalue weighted by atomic mass is 35.5. The van der Waals surface area contributed by atoms with Crippen LogP contribution in [0.5, 0.6) is 5.75 Å². The van der Waals surface area contributed by atoms with Crippen LogP contribution in [0.4, 0.5) is 5.69 Å². The number of aryl methyl sites for hydroxylation is 1. The average molecular weight is 331 g/mol. The van der Waals surface area contributed by atoms with Gasteiger partial charge in [0.15, 0.2) is 0 Å². The monoisotopic (exact) mass is 330 g/mol. The van der Waals surface area contributed by atoms with Crippen molar-refractivity contribution in [2.45, 2.75) is 4.90 Å². The van der Waals surface area contributed by atoms with Crippen LogP contribution in [0.1, 0.15) is 10.5 Å². The number of carbonyl (C=O) groups is 1. The van der Waals surface area contributed by atoms with Crippen LogP contribution in [0, 0.1) is 0 Å². The summed E-state index contributed by atoms with van der Waals surface area (Å²) >= 11 is 5.69. The highest BCUT2D eigenvalue weighted by Gasteiger charge is 2.20. The highest BCUT2D eigenvalue weighted by molar-refractivity contribution is 7.92. The lowest BCUT2D eigenvalue weighted by Crippen LogP contribution is -2.12. The van der Waals surface area contributed by atoms with Gasteiger partial charge in [-0.25, -0.2) is 13.2 Å². The summed E-state index contributed by atoms with van der Waals surface area (Å²) < 4.78 is 27.8. The number of aromatic carboxylic acids is 1. The van der Waals surface area contributed by atoms with Gasteiger partial charge < -0.3 is 14.8 Å². The van der Waals surface area contributed by atoms with E-state index in [2.05, 4.69) is 4.72 Å². The molecule has 3 N–H and O–H groups in total. The summed E-state index contributed by atoms with van der Waals surface area (Å²) in [5, 5.41) is 18.2. The van der Waals surface area contributed by atoms with Gasteiger partial charge >= 0.3 is 5.97 Å². The van der Waals surface area contributed by atoms with Gasteiger partial charge in [0.2, 0.25) is 0 Å². The average Bonchev–Trinajstić information content (AvgIpc) is 2.77. The van der Waals surface area contributed by atoms with Gasteiger partial charge in [-0.15, -0.1) is 0 Å². The van der Waals surface area contributed by atoms with Crippen molar-refractivity contribution in [2.24, 2.45) is 7.05 Å². The number of nitrogens with one attached hydrogen (secondary N) is 1. The molecule has 2 rings (SSSR count). The van der Waals surface area contributed by atoms with Crippen LogP contribution in [0.15, 0.2) is 35.4 Å². The number of halogens is 1. The van der Waals surface area contributed by atoms with Crippen LogP contribution in [0.25, 0.3) is 0 Å². The lowest BCUT2D eigenvalue weighted by molar-refractivity contribution is 0.0686. The van der Waals surface area contributed by atoms with Crippen LogP contribution in [-0.4, -0.2) is 29.2 Å². The van der Waals surface area contributed by atoms with E-state index in [0.29, 0.717) is 0 Å². The molecule has 0 aliphatic rings. The molecule has 0 bridgehead atoms. The number of carboxylic acid groups (broad SMARTS) is 1. The Kier molecular flexibility index (Phi) is 3.84. The summed E-state index contributed by atoms with van der Waals surface area (Å²) in [6, 6.07) is 4.87. The van der Waals surface area contributed by atoms with Gasteiger partial charge in [-0.05, 0) is 24.3 Å². The van der Waals surface area contributed by atoms with E-state index in [1.807, 2.05) is 0 Å². The first-order valence-electron chi connectivity index (χ1n) is 5.61. The third kappa shape index (κ3) is 3.11. The van der Waals surface area contributed by atoms with Crippen LogP contribution in [0.3, 0.4) is 0 Å². The maximum Gasteiger partial charge on any atom is 0.352 e. The minimum Gasteiger partial charge on any atom is -0.506 e. The molecule has 0 saturated carbocycles. The Morgan fingerprint density at radius 2 is 2.00 bits per heavy atom. The Morgan fingerprint density at radius 1 is 1.33 bits per heavy atom.